The maximum absolute atomic E-state index is 11.0. The van der Waals surface area contributed by atoms with Crippen molar-refractivity contribution in [2.45, 2.75) is 32.3 Å². The van der Waals surface area contributed by atoms with Crippen molar-refractivity contribution >= 4 is 5.78 Å². The molecule has 1 aromatic carbocycles. The molecule has 1 aliphatic rings. The summed E-state index contributed by atoms with van der Waals surface area (Å²) in [6.07, 6.45) is 2.31. The second-order valence-electron chi connectivity index (χ2n) is 5.49. The van der Waals surface area contributed by atoms with E-state index in [-0.39, 0.29) is 11.9 Å². The number of carbonyl (C=O) groups is 1. The number of carbonyl (C=O) groups excluding carboxylic acids is 1. The summed E-state index contributed by atoms with van der Waals surface area (Å²) in [5.41, 5.74) is 1.02. The number of piperidine rings is 1. The van der Waals surface area contributed by atoms with Gasteiger partial charge >= 0.3 is 0 Å². The first-order valence-electron chi connectivity index (χ1n) is 7.11. The number of nitrogens with zero attached hydrogens (tertiary/aromatic N) is 1. The standard InChI is InChI=1S/C16H23NO2/c1-13(18)7-10-17-11-8-15(9-12-17)16(19)14-5-3-2-4-6-14/h2-6,15-16,19H,7-12H2,1H3. The van der Waals surface area contributed by atoms with Crippen molar-refractivity contribution in [2.75, 3.05) is 19.6 Å². The summed E-state index contributed by atoms with van der Waals surface area (Å²) >= 11 is 0. The van der Waals surface area contributed by atoms with Gasteiger partial charge in [0, 0.05) is 13.0 Å². The normalized spacial score (nSPS) is 19.3. The minimum Gasteiger partial charge on any atom is -0.388 e. The number of hydrogen-bond donors (Lipinski definition) is 1. The summed E-state index contributed by atoms with van der Waals surface area (Å²) in [7, 11) is 0. The van der Waals surface area contributed by atoms with Crippen LogP contribution in [0.2, 0.25) is 0 Å². The Morgan fingerprint density at radius 2 is 1.95 bits per heavy atom. The number of likely N-dealkylation sites (tertiary alicyclic amines) is 1. The molecule has 0 amide bonds. The Kier molecular flexibility index (Phi) is 5.11. The van der Waals surface area contributed by atoms with Crippen molar-refractivity contribution in [2.24, 2.45) is 5.92 Å². The monoisotopic (exact) mass is 261 g/mol. The van der Waals surface area contributed by atoms with Crippen LogP contribution in [0.25, 0.3) is 0 Å². The predicted octanol–water partition coefficient (Wildman–Crippen LogP) is 2.41. The molecule has 0 aromatic heterocycles. The Labute approximate surface area is 115 Å². The molecule has 19 heavy (non-hydrogen) atoms. The maximum Gasteiger partial charge on any atom is 0.131 e. The SMILES string of the molecule is CC(=O)CCN1CCC(C(O)c2ccccc2)CC1. The molecule has 0 aliphatic carbocycles. The largest absolute Gasteiger partial charge is 0.388 e. The molecule has 1 aromatic rings. The fourth-order valence-electron chi connectivity index (χ4n) is 2.73. The van der Waals surface area contributed by atoms with Gasteiger partial charge in [0.2, 0.25) is 0 Å². The van der Waals surface area contributed by atoms with Gasteiger partial charge in [-0.1, -0.05) is 30.3 Å². The van der Waals surface area contributed by atoms with E-state index in [0.717, 1.165) is 38.0 Å². The highest BCUT2D eigenvalue weighted by molar-refractivity contribution is 5.75. The molecule has 0 spiro atoms. The molecular weight excluding hydrogens is 238 g/mol. The molecule has 3 heteroatoms. The first-order valence-corrected chi connectivity index (χ1v) is 7.11. The molecule has 104 valence electrons. The van der Waals surface area contributed by atoms with Crippen molar-refractivity contribution < 1.29 is 9.90 Å². The number of ketones is 1. The van der Waals surface area contributed by atoms with Gasteiger partial charge in [0.1, 0.15) is 5.78 Å². The second-order valence-corrected chi connectivity index (χ2v) is 5.49. The summed E-state index contributed by atoms with van der Waals surface area (Å²) in [5.74, 6) is 0.599. The third kappa shape index (κ3) is 4.15. The molecule has 0 saturated carbocycles. The van der Waals surface area contributed by atoms with E-state index in [1.54, 1.807) is 6.92 Å². The summed E-state index contributed by atoms with van der Waals surface area (Å²) in [4.78, 5) is 13.3. The van der Waals surface area contributed by atoms with Gasteiger partial charge in [-0.05, 0) is 44.3 Å². The number of benzene rings is 1. The molecule has 1 fully saturated rings. The van der Waals surface area contributed by atoms with Gasteiger partial charge in [-0.3, -0.25) is 4.79 Å². The quantitative estimate of drug-likeness (QED) is 0.885. The molecule has 0 radical (unpaired) electrons. The van der Waals surface area contributed by atoms with Crippen molar-refractivity contribution in [3.63, 3.8) is 0 Å². The van der Waals surface area contributed by atoms with Crippen LogP contribution in [0.3, 0.4) is 0 Å². The highest BCUT2D eigenvalue weighted by Crippen LogP contribution is 2.30. The zero-order valence-electron chi connectivity index (χ0n) is 11.6. The minimum absolute atomic E-state index is 0.256. The fourth-order valence-corrected chi connectivity index (χ4v) is 2.73. The van der Waals surface area contributed by atoms with Gasteiger partial charge < -0.3 is 10.0 Å². The molecule has 1 N–H and O–H groups in total. The average Bonchev–Trinajstić information content (AvgIpc) is 2.46. The number of hydrogen-bond acceptors (Lipinski definition) is 3. The Balaban J connectivity index is 1.81. The lowest BCUT2D eigenvalue weighted by molar-refractivity contribution is -0.117. The van der Waals surface area contributed by atoms with Crippen LogP contribution in [-0.4, -0.2) is 35.4 Å². The van der Waals surface area contributed by atoms with E-state index in [2.05, 4.69) is 4.90 Å². The summed E-state index contributed by atoms with van der Waals surface area (Å²) in [6.45, 7) is 4.49. The zero-order valence-corrected chi connectivity index (χ0v) is 11.6. The van der Waals surface area contributed by atoms with E-state index in [9.17, 15) is 9.90 Å². The van der Waals surface area contributed by atoms with Crippen LogP contribution < -0.4 is 0 Å². The number of Topliss-reactive ketones (excluding diaryl/α,β-unsaturated/α-hetero) is 1. The Morgan fingerprint density at radius 1 is 1.32 bits per heavy atom. The molecule has 0 bridgehead atoms. The van der Waals surface area contributed by atoms with Crippen LogP contribution in [0.1, 0.15) is 37.9 Å². The van der Waals surface area contributed by atoms with Crippen molar-refractivity contribution in [1.82, 2.24) is 4.90 Å². The molecule has 2 rings (SSSR count). The van der Waals surface area contributed by atoms with Crippen LogP contribution in [0.5, 0.6) is 0 Å². The Morgan fingerprint density at radius 3 is 2.53 bits per heavy atom. The molecule has 1 aliphatic heterocycles. The second kappa shape index (κ2) is 6.83. The van der Waals surface area contributed by atoms with E-state index in [4.69, 9.17) is 0 Å². The lowest BCUT2D eigenvalue weighted by atomic mass is 9.87. The van der Waals surface area contributed by atoms with Crippen molar-refractivity contribution in [1.29, 1.82) is 0 Å². The average molecular weight is 261 g/mol. The van der Waals surface area contributed by atoms with Crippen LogP contribution in [0, 0.1) is 5.92 Å². The van der Waals surface area contributed by atoms with Crippen LogP contribution >= 0.6 is 0 Å². The van der Waals surface area contributed by atoms with Gasteiger partial charge in [-0.2, -0.15) is 0 Å². The number of rotatable bonds is 5. The van der Waals surface area contributed by atoms with Crippen LogP contribution in [0.4, 0.5) is 0 Å². The van der Waals surface area contributed by atoms with Crippen molar-refractivity contribution in [3.05, 3.63) is 35.9 Å². The first kappa shape index (κ1) is 14.2. The van der Waals surface area contributed by atoms with Crippen LogP contribution in [0.15, 0.2) is 30.3 Å². The number of aliphatic hydroxyl groups is 1. The maximum atomic E-state index is 11.0. The lowest BCUT2D eigenvalue weighted by Gasteiger charge is -2.34. The molecule has 1 heterocycles. The molecule has 3 nitrogen and oxygen atoms in total. The molecular formula is C16H23NO2. The van der Waals surface area contributed by atoms with Crippen LogP contribution in [-0.2, 0) is 4.79 Å². The highest BCUT2D eigenvalue weighted by atomic mass is 16.3. The Hall–Kier alpha value is -1.19. The summed E-state index contributed by atoms with van der Waals surface area (Å²) in [5, 5.41) is 10.4. The predicted molar refractivity (Wildman–Crippen MR) is 75.9 cm³/mol. The zero-order chi connectivity index (χ0) is 13.7. The smallest absolute Gasteiger partial charge is 0.131 e. The molecule has 1 atom stereocenters. The van der Waals surface area contributed by atoms with Gasteiger partial charge in [0.25, 0.3) is 0 Å². The van der Waals surface area contributed by atoms with E-state index in [1.807, 2.05) is 30.3 Å². The highest BCUT2D eigenvalue weighted by Gasteiger charge is 2.25. The summed E-state index contributed by atoms with van der Waals surface area (Å²) < 4.78 is 0. The third-order valence-electron chi connectivity index (χ3n) is 4.00. The van der Waals surface area contributed by atoms with E-state index >= 15 is 0 Å². The number of aliphatic hydroxyl groups excluding tert-OH is 1. The molecule has 1 saturated heterocycles. The van der Waals surface area contributed by atoms with E-state index in [1.165, 1.54) is 0 Å². The van der Waals surface area contributed by atoms with E-state index < -0.39 is 0 Å². The van der Waals surface area contributed by atoms with Crippen molar-refractivity contribution in [3.8, 4) is 0 Å². The van der Waals surface area contributed by atoms with Gasteiger partial charge in [0.05, 0.1) is 6.10 Å². The lowest BCUT2D eigenvalue weighted by Crippen LogP contribution is -2.36. The van der Waals surface area contributed by atoms with Gasteiger partial charge in [0.15, 0.2) is 0 Å². The van der Waals surface area contributed by atoms with E-state index in [0.29, 0.717) is 12.3 Å². The fraction of sp³-hybridized carbons (Fsp3) is 0.562. The summed E-state index contributed by atoms with van der Waals surface area (Å²) in [6, 6.07) is 9.90. The molecule has 1 unspecified atom stereocenters. The van der Waals surface area contributed by atoms with Gasteiger partial charge in [-0.15, -0.1) is 0 Å². The minimum atomic E-state index is -0.351. The first-order chi connectivity index (χ1) is 9.16. The Bertz CT molecular complexity index is 396. The van der Waals surface area contributed by atoms with Gasteiger partial charge in [-0.25, -0.2) is 0 Å². The third-order valence-corrected chi connectivity index (χ3v) is 4.00. The topological polar surface area (TPSA) is 40.5 Å².